The maximum atomic E-state index is 13.2. The largest absolute Gasteiger partial charge is 1.00 e. The fourth-order valence-corrected chi connectivity index (χ4v) is 13.0. The monoisotopic (exact) mass is 1730 g/mol. The molecule has 5 fully saturated rings. The maximum Gasteiger partial charge on any atom is 1.00 e. The number of hydrogen-bond acceptors (Lipinski definition) is 49. The third kappa shape index (κ3) is 36.1. The molecule has 0 aromatic carbocycles. The van der Waals surface area contributed by atoms with Crippen LogP contribution in [0.4, 0.5) is 0 Å². The Kier molecular flexibility index (Phi) is 58.5. The zero-order valence-electron chi connectivity index (χ0n) is 57.4. The third-order valence-corrected chi connectivity index (χ3v) is 16.7. The quantitative estimate of drug-likeness (QED) is 0.0323. The molecule has 5 saturated heterocycles. The van der Waals surface area contributed by atoms with Crippen LogP contribution in [-0.4, -0.2) is 333 Å². The van der Waals surface area contributed by atoms with Crippen LogP contribution in [0, 0.1) is 0 Å². The summed E-state index contributed by atoms with van der Waals surface area (Å²) >= 11 is 0. The summed E-state index contributed by atoms with van der Waals surface area (Å²) in [5.74, 6) is -4.89. The van der Waals surface area contributed by atoms with E-state index in [1.807, 2.05) is 0 Å². The van der Waals surface area contributed by atoms with Crippen molar-refractivity contribution in [2.75, 3.05) is 76.7 Å². The van der Waals surface area contributed by atoms with Crippen LogP contribution in [0.25, 0.3) is 0 Å². The molecule has 0 aliphatic carbocycles. The van der Waals surface area contributed by atoms with Gasteiger partial charge in [-0.1, -0.05) is 0 Å². The first-order valence-electron chi connectivity index (χ1n) is 25.2. The first kappa shape index (κ1) is 118. The number of rotatable bonds is 35. The van der Waals surface area contributed by atoms with E-state index < -0.39 is 258 Å². The third-order valence-electron chi connectivity index (χ3n) is 13.6. The molecule has 0 bridgehead atoms. The first-order valence-corrected chi connectivity index (χ1v) is 34.5. The number of carboxylic acids is 2. The normalized spacial score (nSPS) is 34.3. The fraction of sp³-hybridized carbons (Fsp3) is 0.947. The van der Waals surface area contributed by atoms with Gasteiger partial charge < -0.3 is 132 Å². The molecule has 0 radical (unpaired) electrons. The minimum atomic E-state index is -6.52. The topological polar surface area (TPSA) is 702 Å². The van der Waals surface area contributed by atoms with Crippen molar-refractivity contribution in [2.24, 2.45) is 0 Å². The number of aliphatic carboxylic acids is 2. The second-order valence-corrected chi connectivity index (χ2v) is 26.3. The summed E-state index contributed by atoms with van der Waals surface area (Å²) in [6.45, 7) is -4.69. The number of carboxylic acid groups (broad SMARTS) is 2. The van der Waals surface area contributed by atoms with Crippen molar-refractivity contribution >= 4 is 84.7 Å². The molecule has 103 heavy (non-hydrogen) atoms. The summed E-state index contributed by atoms with van der Waals surface area (Å²) in [5.41, 5.74) is 0. The molecule has 5 heterocycles. The molecule has 0 unspecified atom stereocenters. The molecule has 0 aromatic heterocycles. The van der Waals surface area contributed by atoms with Gasteiger partial charge >= 0.3 is 266 Å². The molecule has 0 saturated carbocycles. The van der Waals surface area contributed by atoms with Gasteiger partial charge in [0.25, 0.3) is 0 Å². The molecule has 5 aliphatic heterocycles. The first-order chi connectivity index (χ1) is 43.2. The number of carbonyl (C=O) groups is 2. The van der Waals surface area contributed by atoms with E-state index in [-0.39, 0.29) is 266 Å². The molecule has 49 nitrogen and oxygen atoms in total. The number of ether oxygens (including phenoxy) is 17. The summed E-state index contributed by atoms with van der Waals surface area (Å²) in [6.07, 6.45) is -61.9. The van der Waals surface area contributed by atoms with Gasteiger partial charge in [0.05, 0.1) is 31.8 Å². The van der Waals surface area contributed by atoms with Gasteiger partial charge in [-0.05, 0) is 0 Å². The SMILES string of the molecule is CO[C@H]1O[C@H](COS(=O)(=O)[O-])[C@@H](O[C@@H]2O[C@@H](C(=O)[O-])[C@@H](O[C@H]3O[C@H](COS(=O)(=O)[O-])[C@@H](O[C@@H]4O[C@H](C(=O)[O-])[C@@H](O[C@H]5O[C@H](COS(=O)(=O)[O-])[C@@H](OC)[C@H](OC)[C@H]5OC)[C@H](OC)[C@H]4OC)[C@H](OS(=O)(=O)[O-])[C@H]3OS(=O)(=O)[O-])[C@H](OC)[C@H]2OC)[C@H](OS(=O)(=O)[O-])[C@H]1OS(=O)(=O)[O-].[Na+].[Na+].[Na+].[Na+].[Na+].[Na+].[Na+].[Na+].[Na+]. The van der Waals surface area contributed by atoms with Crippen LogP contribution in [-0.2, 0) is 192 Å². The maximum absolute atomic E-state index is 13.2. The van der Waals surface area contributed by atoms with E-state index in [2.05, 4.69) is 29.3 Å². The second kappa shape index (κ2) is 51.1. The van der Waals surface area contributed by atoms with Crippen molar-refractivity contribution < 1.29 is 486 Å². The van der Waals surface area contributed by atoms with Crippen LogP contribution in [0.3, 0.4) is 0 Å². The molecule has 0 amide bonds. The Hall–Kier alpha value is 6.35. The predicted molar refractivity (Wildman–Crippen MR) is 261 cm³/mol. The molecule has 0 spiro atoms. The van der Waals surface area contributed by atoms with E-state index in [4.69, 9.17) is 80.5 Å². The van der Waals surface area contributed by atoms with Gasteiger partial charge in [0.15, 0.2) is 43.7 Å². The molecule has 25 atom stereocenters. The molecule has 0 aromatic rings. The van der Waals surface area contributed by atoms with Crippen molar-refractivity contribution in [2.45, 2.75) is 154 Å². The molecular weight excluding hydrogens is 1670 g/mol. The Labute approximate surface area is 788 Å². The zero-order valence-corrected chi connectivity index (χ0v) is 81.1. The van der Waals surface area contributed by atoms with Gasteiger partial charge in [-0.3, -0.25) is 29.3 Å². The smallest absolute Gasteiger partial charge is 0.726 e. The van der Waals surface area contributed by atoms with Gasteiger partial charge in [-0.15, -0.1) is 0 Å². The number of methoxy groups -OCH3 is 8. The van der Waals surface area contributed by atoms with Crippen molar-refractivity contribution in [3.63, 3.8) is 0 Å². The van der Waals surface area contributed by atoms with Crippen molar-refractivity contribution in [1.29, 1.82) is 0 Å². The zero-order chi connectivity index (χ0) is 71.2. The van der Waals surface area contributed by atoms with Gasteiger partial charge in [-0.25, -0.2) is 58.9 Å². The van der Waals surface area contributed by atoms with Crippen molar-refractivity contribution in [3.05, 3.63) is 0 Å². The molecule has 5 aliphatic rings. The summed E-state index contributed by atoms with van der Waals surface area (Å²) in [7, 11) is -36.0. The fourth-order valence-electron chi connectivity index (χ4n) is 10.2. The average molecular weight is 1730 g/mol. The Balaban J connectivity index is -0.00000356. The number of carbonyl (C=O) groups excluding carboxylic acids is 2. The predicted octanol–water partition coefficient (Wildman–Crippen LogP) is -39.7. The average Bonchev–Trinajstić information content (AvgIpc) is 0.762. The minimum absolute atomic E-state index is 0. The summed E-state index contributed by atoms with van der Waals surface area (Å²) in [5, 5.41) is 26.2. The van der Waals surface area contributed by atoms with Gasteiger partial charge in [0, 0.05) is 56.9 Å². The molecule has 65 heteroatoms. The van der Waals surface area contributed by atoms with E-state index in [0.29, 0.717) is 21.3 Å². The minimum Gasteiger partial charge on any atom is -0.726 e. The van der Waals surface area contributed by atoms with Crippen molar-refractivity contribution in [1.82, 2.24) is 0 Å². The van der Waals surface area contributed by atoms with E-state index in [1.165, 1.54) is 0 Å². The van der Waals surface area contributed by atoms with Gasteiger partial charge in [-0.2, -0.15) is 0 Å². The second-order valence-electron chi connectivity index (χ2n) is 19.1. The summed E-state index contributed by atoms with van der Waals surface area (Å²) in [4.78, 5) is 26.2. The molecule has 0 N–H and O–H groups in total. The van der Waals surface area contributed by atoms with E-state index in [0.717, 1.165) is 35.5 Å². The Morgan fingerprint density at radius 1 is 0.262 bits per heavy atom. The van der Waals surface area contributed by atoms with Crippen molar-refractivity contribution in [3.8, 4) is 0 Å². The standard InChI is InChI=1S/C38H64O49S7.9Na/c1-64-15-12(9-72-88(43,44)45)76-35(27(68-5)18(15)65-2)80-21-19(66-3)28(69-6)37(82-25(21)32(39)40)79-17-14(11-74-90(49,50)51)77-38(31(87-94(61,62)63)24(17)85-92(55,56)57)81-22-20(67-4)29(70-7)36(83-26(22)33(41)42)78-16-13(10-73-89(46,47)48)75-34(71-8)30(86-93(58,59)60)23(16)84-91(52,53)54;;;;;;;;;/h12-31,34-38H,9-11H2,1-8H3,(H,39,40)(H,41,42)(H,43,44,45)(H,46,47,48)(H,49,50,51)(H,52,53,54)(H,55,56,57)(H,58,59,60)(H,61,62,63);;;;;;;;;/q;9*+1/p-9/t12-,13-,14-,15-,16-,17-,18+,19+,20+,21+,22+,23+,24+,25+,26-,27-,28-,29-,30-,31-,34+,35-,36-,37-,38-;;;;;;;;;/m1........./s1. The number of hydrogen-bond donors (Lipinski definition) is 0. The van der Waals surface area contributed by atoms with E-state index in [9.17, 15) is 111 Å². The Bertz CT molecular complexity index is 3380. The molecule has 552 valence electrons. The van der Waals surface area contributed by atoms with Gasteiger partial charge in [0.2, 0.25) is 72.8 Å². The van der Waals surface area contributed by atoms with Crippen LogP contribution in [0.2, 0.25) is 0 Å². The summed E-state index contributed by atoms with van der Waals surface area (Å²) in [6, 6.07) is 0. The van der Waals surface area contributed by atoms with Crippen LogP contribution in [0.5, 0.6) is 0 Å². The van der Waals surface area contributed by atoms with Crippen LogP contribution in [0.15, 0.2) is 0 Å². The molecular formula is C38H55Na9O49S7. The van der Waals surface area contributed by atoms with E-state index >= 15 is 0 Å². The van der Waals surface area contributed by atoms with E-state index in [1.54, 1.807) is 0 Å². The molecule has 5 rings (SSSR count). The van der Waals surface area contributed by atoms with Crippen LogP contribution in [0.1, 0.15) is 0 Å². The Morgan fingerprint density at radius 2 is 0.476 bits per heavy atom. The Morgan fingerprint density at radius 3 is 0.718 bits per heavy atom. The summed E-state index contributed by atoms with van der Waals surface area (Å²) < 4.78 is 377. The van der Waals surface area contributed by atoms with Crippen LogP contribution < -0.4 is 276 Å². The van der Waals surface area contributed by atoms with Gasteiger partial charge in [0.1, 0.15) is 110 Å². The van der Waals surface area contributed by atoms with Crippen LogP contribution >= 0.6 is 0 Å².